The van der Waals surface area contributed by atoms with Crippen LogP contribution in [0.5, 0.6) is 0 Å². The van der Waals surface area contributed by atoms with Gasteiger partial charge in [-0.15, -0.1) is 6.58 Å². The summed E-state index contributed by atoms with van der Waals surface area (Å²) in [5.74, 6) is 0.750. The smallest absolute Gasteiger partial charge is 0.00145 e. The Balaban J connectivity index is 0.000000291. The van der Waals surface area contributed by atoms with Crippen molar-refractivity contribution in [1.82, 2.24) is 5.32 Å². The summed E-state index contributed by atoms with van der Waals surface area (Å²) in [6.07, 6.45) is 3.31. The van der Waals surface area contributed by atoms with Crippen LogP contribution in [0.4, 0.5) is 0 Å². The molecule has 1 saturated heterocycles. The lowest BCUT2D eigenvalue weighted by Crippen LogP contribution is -2.06. The second-order valence-corrected chi connectivity index (χ2v) is 1.99. The van der Waals surface area contributed by atoms with Crippen molar-refractivity contribution in [2.24, 2.45) is 5.92 Å². The van der Waals surface area contributed by atoms with Gasteiger partial charge < -0.3 is 5.32 Å². The minimum absolute atomic E-state index is 0.750. The minimum Gasteiger partial charge on any atom is -0.316 e. The molecule has 1 rings (SSSR count). The van der Waals surface area contributed by atoms with E-state index in [1.807, 2.05) is 19.9 Å². The molecule has 0 spiro atoms. The van der Waals surface area contributed by atoms with Crippen molar-refractivity contribution >= 4 is 0 Å². The van der Waals surface area contributed by atoms with E-state index >= 15 is 0 Å². The van der Waals surface area contributed by atoms with Gasteiger partial charge in [0.25, 0.3) is 0 Å². The Morgan fingerprint density at radius 1 is 1.56 bits per heavy atom. The van der Waals surface area contributed by atoms with Crippen LogP contribution in [0.25, 0.3) is 0 Å². The fraction of sp³-hybridized carbons (Fsp3) is 0.750. The normalized spacial score (nSPS) is 24.4. The third-order valence-corrected chi connectivity index (χ3v) is 1.43. The molecule has 0 bridgehead atoms. The first-order valence-electron chi connectivity index (χ1n) is 3.77. The predicted octanol–water partition coefficient (Wildman–Crippen LogP) is 1.81. The lowest BCUT2D eigenvalue weighted by atomic mass is 10.1. The molecule has 1 N–H and O–H groups in total. The Hall–Kier alpha value is -0.300. The highest BCUT2D eigenvalue weighted by Crippen LogP contribution is 2.06. The standard InChI is InChI=1S/C6H11N.C2H6/c1-2-6-3-4-7-5-6;1-2/h2,6-7H,1,3-5H2;1-2H3. The molecule has 1 atom stereocenters. The Bertz CT molecular complexity index is 63.0. The highest BCUT2D eigenvalue weighted by Gasteiger charge is 2.08. The van der Waals surface area contributed by atoms with Gasteiger partial charge >= 0.3 is 0 Å². The highest BCUT2D eigenvalue weighted by molar-refractivity contribution is 4.84. The van der Waals surface area contributed by atoms with Gasteiger partial charge in [-0.25, -0.2) is 0 Å². The molecular weight excluding hydrogens is 110 g/mol. The van der Waals surface area contributed by atoms with Gasteiger partial charge in [-0.05, 0) is 18.9 Å². The molecule has 0 aliphatic carbocycles. The third-order valence-electron chi connectivity index (χ3n) is 1.43. The summed E-state index contributed by atoms with van der Waals surface area (Å²) in [6.45, 7) is 10.0. The Kier molecular flexibility index (Phi) is 5.64. The zero-order valence-electron chi connectivity index (χ0n) is 6.48. The van der Waals surface area contributed by atoms with Crippen LogP contribution in [0.2, 0.25) is 0 Å². The van der Waals surface area contributed by atoms with Crippen LogP contribution < -0.4 is 5.32 Å². The van der Waals surface area contributed by atoms with Gasteiger partial charge in [0.05, 0.1) is 0 Å². The molecule has 0 radical (unpaired) electrons. The number of rotatable bonds is 1. The molecule has 1 aliphatic heterocycles. The van der Waals surface area contributed by atoms with E-state index in [-0.39, 0.29) is 0 Å². The second kappa shape index (κ2) is 5.83. The maximum absolute atomic E-state index is 3.70. The molecule has 1 heterocycles. The molecule has 1 aliphatic rings. The van der Waals surface area contributed by atoms with E-state index in [1.165, 1.54) is 13.0 Å². The topological polar surface area (TPSA) is 12.0 Å². The van der Waals surface area contributed by atoms with E-state index < -0.39 is 0 Å². The second-order valence-electron chi connectivity index (χ2n) is 1.99. The van der Waals surface area contributed by atoms with Crippen molar-refractivity contribution in [3.8, 4) is 0 Å². The molecule has 1 unspecified atom stereocenters. The summed E-state index contributed by atoms with van der Waals surface area (Å²) >= 11 is 0. The van der Waals surface area contributed by atoms with Crippen LogP contribution in [-0.4, -0.2) is 13.1 Å². The summed E-state index contributed by atoms with van der Waals surface area (Å²) in [6, 6.07) is 0. The van der Waals surface area contributed by atoms with Crippen molar-refractivity contribution in [1.29, 1.82) is 0 Å². The van der Waals surface area contributed by atoms with Gasteiger partial charge in [-0.1, -0.05) is 19.9 Å². The predicted molar refractivity (Wildman–Crippen MR) is 42.5 cm³/mol. The summed E-state index contributed by atoms with van der Waals surface area (Å²) in [4.78, 5) is 0. The zero-order chi connectivity index (χ0) is 7.11. The fourth-order valence-corrected chi connectivity index (χ4v) is 0.878. The number of hydrogen-bond acceptors (Lipinski definition) is 1. The lowest BCUT2D eigenvalue weighted by molar-refractivity contribution is 0.730. The van der Waals surface area contributed by atoms with E-state index in [1.54, 1.807) is 0 Å². The molecule has 1 fully saturated rings. The number of nitrogens with one attached hydrogen (secondary N) is 1. The van der Waals surface area contributed by atoms with E-state index in [0.717, 1.165) is 12.5 Å². The fourth-order valence-electron chi connectivity index (χ4n) is 0.878. The first-order chi connectivity index (χ1) is 4.43. The van der Waals surface area contributed by atoms with Crippen molar-refractivity contribution in [2.45, 2.75) is 20.3 Å². The van der Waals surface area contributed by atoms with Gasteiger partial charge in [0, 0.05) is 6.54 Å². The first-order valence-corrected chi connectivity index (χ1v) is 3.77. The average Bonchev–Trinajstić information content (AvgIpc) is 2.43. The highest BCUT2D eigenvalue weighted by atomic mass is 14.9. The minimum atomic E-state index is 0.750. The van der Waals surface area contributed by atoms with Gasteiger partial charge in [-0.3, -0.25) is 0 Å². The van der Waals surface area contributed by atoms with Gasteiger partial charge in [-0.2, -0.15) is 0 Å². The van der Waals surface area contributed by atoms with Gasteiger partial charge in [0.15, 0.2) is 0 Å². The van der Waals surface area contributed by atoms with Crippen LogP contribution in [0.1, 0.15) is 20.3 Å². The summed E-state index contributed by atoms with van der Waals surface area (Å²) in [7, 11) is 0. The molecule has 0 aromatic carbocycles. The Labute approximate surface area is 58.2 Å². The van der Waals surface area contributed by atoms with Gasteiger partial charge in [0.2, 0.25) is 0 Å². The molecule has 0 saturated carbocycles. The molecule has 0 aromatic heterocycles. The molecule has 9 heavy (non-hydrogen) atoms. The third kappa shape index (κ3) is 3.31. The molecule has 1 nitrogen and oxygen atoms in total. The van der Waals surface area contributed by atoms with Gasteiger partial charge in [0.1, 0.15) is 0 Å². The maximum atomic E-state index is 3.70. The van der Waals surface area contributed by atoms with Crippen molar-refractivity contribution in [3.05, 3.63) is 12.7 Å². The van der Waals surface area contributed by atoms with E-state index in [2.05, 4.69) is 11.9 Å². The van der Waals surface area contributed by atoms with E-state index in [4.69, 9.17) is 0 Å². The molecular formula is C8H17N. The van der Waals surface area contributed by atoms with E-state index in [9.17, 15) is 0 Å². The van der Waals surface area contributed by atoms with Crippen molar-refractivity contribution in [2.75, 3.05) is 13.1 Å². The number of hydrogen-bond donors (Lipinski definition) is 1. The van der Waals surface area contributed by atoms with Crippen LogP contribution >= 0.6 is 0 Å². The Morgan fingerprint density at radius 3 is 2.44 bits per heavy atom. The van der Waals surface area contributed by atoms with Crippen LogP contribution in [0.3, 0.4) is 0 Å². The maximum Gasteiger partial charge on any atom is 0.00145 e. The average molecular weight is 127 g/mol. The monoisotopic (exact) mass is 127 g/mol. The molecule has 0 aromatic rings. The molecule has 0 amide bonds. The molecule has 54 valence electrons. The van der Waals surface area contributed by atoms with Crippen LogP contribution in [0.15, 0.2) is 12.7 Å². The van der Waals surface area contributed by atoms with Crippen molar-refractivity contribution in [3.63, 3.8) is 0 Å². The summed E-state index contributed by atoms with van der Waals surface area (Å²) < 4.78 is 0. The van der Waals surface area contributed by atoms with Crippen molar-refractivity contribution < 1.29 is 0 Å². The summed E-state index contributed by atoms with van der Waals surface area (Å²) in [5, 5.41) is 3.25. The summed E-state index contributed by atoms with van der Waals surface area (Å²) in [5.41, 5.74) is 0. The van der Waals surface area contributed by atoms with E-state index in [0.29, 0.717) is 0 Å². The largest absolute Gasteiger partial charge is 0.316 e. The van der Waals surface area contributed by atoms with Crippen LogP contribution in [0, 0.1) is 5.92 Å². The Morgan fingerprint density at radius 2 is 2.22 bits per heavy atom. The quantitative estimate of drug-likeness (QED) is 0.530. The zero-order valence-corrected chi connectivity index (χ0v) is 6.48. The first kappa shape index (κ1) is 8.70. The van der Waals surface area contributed by atoms with Crippen LogP contribution in [-0.2, 0) is 0 Å². The molecule has 1 heteroatoms. The lowest BCUT2D eigenvalue weighted by Gasteiger charge is -1.93. The SMILES string of the molecule is C=CC1CCNC1.CC.